The summed E-state index contributed by atoms with van der Waals surface area (Å²) < 4.78 is 23.5. The number of aromatic amines is 1. The first-order valence-corrected chi connectivity index (χ1v) is 10.9. The van der Waals surface area contributed by atoms with Crippen molar-refractivity contribution in [2.24, 2.45) is 0 Å². The minimum atomic E-state index is -3.35. The van der Waals surface area contributed by atoms with Gasteiger partial charge < -0.3 is 10.7 Å². The normalized spacial score (nSPS) is 14.8. The van der Waals surface area contributed by atoms with E-state index in [2.05, 4.69) is 11.1 Å². The molecule has 8 heteroatoms. The molecular formula is C22H18N4O3S. The van der Waals surface area contributed by atoms with Crippen LogP contribution in [0.25, 0.3) is 11.6 Å². The Morgan fingerprint density at radius 3 is 2.43 bits per heavy atom. The maximum Gasteiger partial charge on any atom is 0.263 e. The van der Waals surface area contributed by atoms with Gasteiger partial charge in [-0.05, 0) is 61.0 Å². The Morgan fingerprint density at radius 1 is 1.17 bits per heavy atom. The molecule has 4 rings (SSSR count). The lowest BCUT2D eigenvalue weighted by Crippen LogP contribution is -2.20. The van der Waals surface area contributed by atoms with Crippen LogP contribution in [-0.2, 0) is 14.6 Å². The van der Waals surface area contributed by atoms with Crippen molar-refractivity contribution in [2.45, 2.75) is 11.8 Å². The van der Waals surface area contributed by atoms with Gasteiger partial charge in [0.1, 0.15) is 0 Å². The largest absolute Gasteiger partial charge is 0.397 e. The van der Waals surface area contributed by atoms with Gasteiger partial charge in [0.25, 0.3) is 5.91 Å². The summed E-state index contributed by atoms with van der Waals surface area (Å²) in [5, 5.41) is 9.44. The molecule has 0 fully saturated rings. The third-order valence-electron chi connectivity index (χ3n) is 4.98. The number of rotatable bonds is 3. The Labute approximate surface area is 174 Å². The van der Waals surface area contributed by atoms with Crippen LogP contribution in [0.15, 0.2) is 53.6 Å². The number of hydrogen-bond acceptors (Lipinski definition) is 5. The third kappa shape index (κ3) is 3.25. The second-order valence-electron chi connectivity index (χ2n) is 7.15. The van der Waals surface area contributed by atoms with E-state index in [-0.39, 0.29) is 10.8 Å². The van der Waals surface area contributed by atoms with Crippen LogP contribution in [0.4, 0.5) is 17.1 Å². The van der Waals surface area contributed by atoms with Crippen molar-refractivity contribution in [1.29, 1.82) is 5.26 Å². The van der Waals surface area contributed by atoms with Gasteiger partial charge in [0.2, 0.25) is 0 Å². The lowest BCUT2D eigenvalue weighted by molar-refractivity contribution is -0.112. The van der Waals surface area contributed by atoms with Crippen LogP contribution < -0.4 is 10.6 Å². The van der Waals surface area contributed by atoms with Crippen molar-refractivity contribution in [3.8, 4) is 6.07 Å². The number of aromatic nitrogens is 1. The summed E-state index contributed by atoms with van der Waals surface area (Å²) >= 11 is 0. The SMILES string of the molecule is Cc1cc2c(cc1C#N)C(=Cc1cc(N)c[nH]1)C(=O)N2c1ccc(S(C)(=O)=O)cc1. The number of aryl methyl sites for hydroxylation is 1. The van der Waals surface area contributed by atoms with Crippen LogP contribution in [0, 0.1) is 18.3 Å². The molecule has 0 unspecified atom stereocenters. The van der Waals surface area contributed by atoms with Gasteiger partial charge in [0, 0.05) is 35.1 Å². The van der Waals surface area contributed by atoms with Crippen molar-refractivity contribution in [2.75, 3.05) is 16.9 Å². The number of nitrogens with one attached hydrogen (secondary N) is 1. The van der Waals surface area contributed by atoms with E-state index < -0.39 is 9.84 Å². The van der Waals surface area contributed by atoms with Gasteiger partial charge in [-0.1, -0.05) is 0 Å². The molecule has 2 heterocycles. The lowest BCUT2D eigenvalue weighted by atomic mass is 10.00. The van der Waals surface area contributed by atoms with Gasteiger partial charge in [-0.2, -0.15) is 5.26 Å². The molecule has 1 aliphatic rings. The average molecular weight is 418 g/mol. The van der Waals surface area contributed by atoms with Crippen LogP contribution in [0.2, 0.25) is 0 Å². The minimum Gasteiger partial charge on any atom is -0.397 e. The number of hydrogen-bond donors (Lipinski definition) is 2. The number of nitrogens with two attached hydrogens (primary N) is 1. The van der Waals surface area contributed by atoms with E-state index in [1.807, 2.05) is 6.92 Å². The average Bonchev–Trinajstić information content (AvgIpc) is 3.21. The Kier molecular flexibility index (Phi) is 4.48. The summed E-state index contributed by atoms with van der Waals surface area (Å²) in [5.74, 6) is -0.278. The lowest BCUT2D eigenvalue weighted by Gasteiger charge is -2.18. The molecule has 1 amide bonds. The number of amides is 1. The highest BCUT2D eigenvalue weighted by molar-refractivity contribution is 7.90. The molecule has 1 aliphatic heterocycles. The quantitative estimate of drug-likeness (QED) is 0.632. The van der Waals surface area contributed by atoms with E-state index in [0.717, 1.165) is 11.8 Å². The van der Waals surface area contributed by atoms with Gasteiger partial charge in [-0.25, -0.2) is 8.42 Å². The number of benzene rings is 2. The summed E-state index contributed by atoms with van der Waals surface area (Å²) in [6, 6.07) is 13.5. The molecule has 30 heavy (non-hydrogen) atoms. The maximum atomic E-state index is 13.4. The third-order valence-corrected chi connectivity index (χ3v) is 6.11. The number of nitrogen functional groups attached to an aromatic ring is 1. The van der Waals surface area contributed by atoms with Gasteiger partial charge >= 0.3 is 0 Å². The Bertz CT molecular complexity index is 1360. The van der Waals surface area contributed by atoms with Crippen molar-refractivity contribution in [3.63, 3.8) is 0 Å². The number of nitrogens with zero attached hydrogens (tertiary/aromatic N) is 2. The van der Waals surface area contributed by atoms with Crippen molar-refractivity contribution < 1.29 is 13.2 Å². The molecule has 150 valence electrons. The second kappa shape index (κ2) is 6.90. The first-order valence-electron chi connectivity index (χ1n) is 9.04. The highest BCUT2D eigenvalue weighted by Crippen LogP contribution is 2.43. The smallest absolute Gasteiger partial charge is 0.263 e. The predicted molar refractivity (Wildman–Crippen MR) is 116 cm³/mol. The number of H-pyrrole nitrogens is 1. The number of fused-ring (bicyclic) bond motifs is 1. The van der Waals surface area contributed by atoms with E-state index in [1.54, 1.807) is 42.6 Å². The molecule has 7 nitrogen and oxygen atoms in total. The summed E-state index contributed by atoms with van der Waals surface area (Å²) in [4.78, 5) is 18.1. The number of sulfone groups is 1. The van der Waals surface area contributed by atoms with Crippen LogP contribution in [0.1, 0.15) is 22.4 Å². The van der Waals surface area contributed by atoms with Gasteiger partial charge in [-0.15, -0.1) is 0 Å². The van der Waals surface area contributed by atoms with Crippen LogP contribution in [-0.4, -0.2) is 25.6 Å². The molecule has 1 aromatic heterocycles. The fourth-order valence-corrected chi connectivity index (χ4v) is 4.10. The zero-order valence-electron chi connectivity index (χ0n) is 16.3. The Morgan fingerprint density at radius 2 is 1.87 bits per heavy atom. The zero-order chi connectivity index (χ0) is 21.6. The van der Waals surface area contributed by atoms with E-state index in [9.17, 15) is 18.5 Å². The number of carbonyl (C=O) groups excluding carboxylic acids is 1. The molecule has 0 saturated carbocycles. The monoisotopic (exact) mass is 418 g/mol. The van der Waals surface area contributed by atoms with E-state index in [4.69, 9.17) is 5.73 Å². The summed E-state index contributed by atoms with van der Waals surface area (Å²) in [5.41, 5.74) is 10.4. The molecule has 0 atom stereocenters. The molecular weight excluding hydrogens is 400 g/mol. The molecule has 0 saturated heterocycles. The van der Waals surface area contributed by atoms with Crippen LogP contribution >= 0.6 is 0 Å². The first kappa shape index (κ1) is 19.5. The standard InChI is InChI=1S/C22H18N4O3S/c1-13-7-21-19(8-14(13)11-23)20(10-16-9-15(24)12-25-16)22(27)26(21)17-3-5-18(6-4-17)30(2,28)29/h3-10,12,25H,24H2,1-2H3. The van der Waals surface area contributed by atoms with Crippen molar-refractivity contribution >= 4 is 44.5 Å². The summed E-state index contributed by atoms with van der Waals surface area (Å²) in [7, 11) is -3.35. The summed E-state index contributed by atoms with van der Waals surface area (Å²) in [6.07, 6.45) is 4.46. The van der Waals surface area contributed by atoms with Gasteiger partial charge in [0.05, 0.1) is 27.8 Å². The van der Waals surface area contributed by atoms with Crippen LogP contribution in [0.5, 0.6) is 0 Å². The molecule has 0 bridgehead atoms. The predicted octanol–water partition coefficient (Wildman–Crippen LogP) is 3.40. The Balaban J connectivity index is 1.89. The number of anilines is 3. The molecule has 2 aromatic carbocycles. The van der Waals surface area contributed by atoms with Gasteiger partial charge in [0.15, 0.2) is 9.84 Å². The highest BCUT2D eigenvalue weighted by Gasteiger charge is 2.34. The topological polar surface area (TPSA) is 120 Å². The maximum absolute atomic E-state index is 13.4. The van der Waals surface area contributed by atoms with E-state index in [0.29, 0.717) is 39.5 Å². The van der Waals surface area contributed by atoms with E-state index >= 15 is 0 Å². The highest BCUT2D eigenvalue weighted by atomic mass is 32.2. The fourth-order valence-electron chi connectivity index (χ4n) is 3.47. The van der Waals surface area contributed by atoms with E-state index in [1.165, 1.54) is 17.0 Å². The zero-order valence-corrected chi connectivity index (χ0v) is 17.1. The minimum absolute atomic E-state index is 0.173. The summed E-state index contributed by atoms with van der Waals surface area (Å²) in [6.45, 7) is 1.81. The number of carbonyl (C=O) groups is 1. The molecule has 0 radical (unpaired) electrons. The number of nitriles is 1. The Hall–Kier alpha value is -3.83. The van der Waals surface area contributed by atoms with Crippen molar-refractivity contribution in [1.82, 2.24) is 4.98 Å². The first-order chi connectivity index (χ1) is 14.2. The van der Waals surface area contributed by atoms with Gasteiger partial charge in [-0.3, -0.25) is 9.69 Å². The second-order valence-corrected chi connectivity index (χ2v) is 9.16. The molecule has 0 aliphatic carbocycles. The molecule has 3 N–H and O–H groups in total. The van der Waals surface area contributed by atoms with Crippen molar-refractivity contribution in [3.05, 3.63) is 71.0 Å². The molecule has 3 aromatic rings. The van der Waals surface area contributed by atoms with Crippen LogP contribution in [0.3, 0.4) is 0 Å². The fraction of sp³-hybridized carbons (Fsp3) is 0.0909. The molecule has 0 spiro atoms.